The number of anilines is 3. The second-order valence-corrected chi connectivity index (χ2v) is 10.2. The SMILES string of the molecule is COC1(CNc2cc(NC(=O)N3CCCc4cc(CN5CCOCC5C)c(C=O)nc43)ncc2C#N)CC1. The lowest BCUT2D eigenvalue weighted by Gasteiger charge is -2.34. The minimum absolute atomic E-state index is 0.197. The van der Waals surface area contributed by atoms with Crippen LogP contribution in [0.15, 0.2) is 18.3 Å². The van der Waals surface area contributed by atoms with E-state index >= 15 is 0 Å². The molecule has 1 atom stereocenters. The average molecular weight is 520 g/mol. The number of carbonyl (C=O) groups excluding carboxylic acids is 2. The van der Waals surface area contributed by atoms with Crippen LogP contribution in [0.1, 0.15) is 53.4 Å². The third-order valence-electron chi connectivity index (χ3n) is 7.61. The van der Waals surface area contributed by atoms with Gasteiger partial charge in [0.25, 0.3) is 0 Å². The van der Waals surface area contributed by atoms with Gasteiger partial charge in [0.2, 0.25) is 0 Å². The van der Waals surface area contributed by atoms with Gasteiger partial charge < -0.3 is 14.8 Å². The molecular formula is C27H33N7O4. The molecule has 2 amide bonds. The van der Waals surface area contributed by atoms with E-state index in [0.29, 0.717) is 61.4 Å². The van der Waals surface area contributed by atoms with E-state index in [2.05, 4.69) is 38.5 Å². The molecular weight excluding hydrogens is 486 g/mol. The van der Waals surface area contributed by atoms with Crippen molar-refractivity contribution in [1.29, 1.82) is 5.26 Å². The first kappa shape index (κ1) is 26.0. The lowest BCUT2D eigenvalue weighted by molar-refractivity contribution is -0.00448. The predicted octanol–water partition coefficient (Wildman–Crippen LogP) is 2.96. The standard InChI is InChI=1S/C27H33N7O4/c1-18-16-38-9-8-33(18)14-20-10-19-4-3-7-34(25(19)31-23(20)15-35)26(36)32-24-11-22(21(12-28)13-29-24)30-17-27(37-2)5-6-27/h10-11,13,15,18H,3-9,14,16-17H2,1-2H3,(H2,29,30,32,36). The summed E-state index contributed by atoms with van der Waals surface area (Å²) in [5, 5.41) is 15.6. The number of nitrogens with one attached hydrogen (secondary N) is 2. The number of aryl methyl sites for hydroxylation is 1. The number of hydrogen-bond acceptors (Lipinski definition) is 9. The number of morpholine rings is 1. The topological polar surface area (TPSA) is 133 Å². The number of rotatable bonds is 8. The largest absolute Gasteiger partial charge is 0.381 e. The summed E-state index contributed by atoms with van der Waals surface area (Å²) in [5.74, 6) is 0.816. The number of hydrogen-bond donors (Lipinski definition) is 2. The summed E-state index contributed by atoms with van der Waals surface area (Å²) in [7, 11) is 1.69. The molecule has 1 saturated heterocycles. The first-order chi connectivity index (χ1) is 18.4. The Morgan fingerprint density at radius 3 is 2.92 bits per heavy atom. The molecule has 11 nitrogen and oxygen atoms in total. The Morgan fingerprint density at radius 1 is 1.37 bits per heavy atom. The fraction of sp³-hybridized carbons (Fsp3) is 0.519. The average Bonchev–Trinajstić information content (AvgIpc) is 3.73. The molecule has 0 radical (unpaired) electrons. The van der Waals surface area contributed by atoms with Gasteiger partial charge in [-0.25, -0.2) is 14.8 Å². The summed E-state index contributed by atoms with van der Waals surface area (Å²) in [5.41, 5.74) is 2.93. The molecule has 38 heavy (non-hydrogen) atoms. The Kier molecular flexibility index (Phi) is 7.56. The van der Waals surface area contributed by atoms with E-state index in [9.17, 15) is 14.9 Å². The third-order valence-corrected chi connectivity index (χ3v) is 7.61. The Labute approximate surface area is 222 Å². The smallest absolute Gasteiger partial charge is 0.328 e. The Morgan fingerprint density at radius 2 is 2.21 bits per heavy atom. The molecule has 2 fully saturated rings. The van der Waals surface area contributed by atoms with E-state index < -0.39 is 0 Å². The van der Waals surface area contributed by atoms with Crippen molar-refractivity contribution in [1.82, 2.24) is 14.9 Å². The highest BCUT2D eigenvalue weighted by Crippen LogP contribution is 2.39. The molecule has 0 bridgehead atoms. The summed E-state index contributed by atoms with van der Waals surface area (Å²) in [4.78, 5) is 38.1. The van der Waals surface area contributed by atoms with E-state index in [1.54, 1.807) is 18.1 Å². The van der Waals surface area contributed by atoms with Crippen molar-refractivity contribution in [2.75, 3.05) is 55.5 Å². The van der Waals surface area contributed by atoms with Gasteiger partial charge in [0.1, 0.15) is 23.4 Å². The number of urea groups is 1. The van der Waals surface area contributed by atoms with Crippen LogP contribution < -0.4 is 15.5 Å². The fourth-order valence-corrected chi connectivity index (χ4v) is 4.98. The van der Waals surface area contributed by atoms with E-state index in [4.69, 9.17) is 9.47 Å². The van der Waals surface area contributed by atoms with Crippen LogP contribution in [0.4, 0.5) is 22.1 Å². The zero-order chi connectivity index (χ0) is 26.7. The molecule has 1 saturated carbocycles. The van der Waals surface area contributed by atoms with Crippen LogP contribution in [0.3, 0.4) is 0 Å². The second-order valence-electron chi connectivity index (χ2n) is 10.2. The van der Waals surface area contributed by atoms with Crippen LogP contribution in [0.5, 0.6) is 0 Å². The van der Waals surface area contributed by atoms with Gasteiger partial charge in [-0.2, -0.15) is 5.26 Å². The normalized spacial score (nSPS) is 20.2. The van der Waals surface area contributed by atoms with E-state index in [-0.39, 0.29) is 17.7 Å². The number of nitriles is 1. The minimum atomic E-state index is -0.386. The summed E-state index contributed by atoms with van der Waals surface area (Å²) in [6, 6.07) is 5.67. The maximum absolute atomic E-state index is 13.3. The summed E-state index contributed by atoms with van der Waals surface area (Å²) >= 11 is 0. The van der Waals surface area contributed by atoms with Crippen molar-refractivity contribution >= 4 is 29.6 Å². The highest BCUT2D eigenvalue weighted by Gasteiger charge is 2.42. The maximum Gasteiger partial charge on any atom is 0.328 e. The third kappa shape index (κ3) is 5.48. The number of aromatic nitrogens is 2. The zero-order valence-corrected chi connectivity index (χ0v) is 21.8. The first-order valence-electron chi connectivity index (χ1n) is 13.0. The molecule has 4 heterocycles. The van der Waals surface area contributed by atoms with E-state index in [0.717, 1.165) is 49.6 Å². The van der Waals surface area contributed by atoms with Crippen molar-refractivity contribution in [3.8, 4) is 6.07 Å². The Bertz CT molecular complexity index is 1260. The molecule has 3 aliphatic rings. The van der Waals surface area contributed by atoms with Crippen molar-refractivity contribution in [2.24, 2.45) is 0 Å². The molecule has 5 rings (SSSR count). The van der Waals surface area contributed by atoms with Gasteiger partial charge in [0.05, 0.1) is 30.1 Å². The number of aldehydes is 1. The molecule has 2 N–H and O–H groups in total. The number of amides is 2. The molecule has 2 aliphatic heterocycles. The van der Waals surface area contributed by atoms with Gasteiger partial charge in [0, 0.05) is 51.6 Å². The predicted molar refractivity (Wildman–Crippen MR) is 141 cm³/mol. The first-order valence-corrected chi connectivity index (χ1v) is 13.0. The van der Waals surface area contributed by atoms with Gasteiger partial charge in [-0.1, -0.05) is 0 Å². The van der Waals surface area contributed by atoms with Crippen molar-refractivity contribution in [2.45, 2.75) is 50.8 Å². The second kappa shape index (κ2) is 11.0. The number of methoxy groups -OCH3 is 1. The summed E-state index contributed by atoms with van der Waals surface area (Å²) in [6.45, 7) is 5.89. The van der Waals surface area contributed by atoms with Gasteiger partial charge in [-0.05, 0) is 49.8 Å². The van der Waals surface area contributed by atoms with Gasteiger partial charge >= 0.3 is 6.03 Å². The van der Waals surface area contributed by atoms with Gasteiger partial charge in [0.15, 0.2) is 6.29 Å². The monoisotopic (exact) mass is 519 g/mol. The van der Waals surface area contributed by atoms with Gasteiger partial charge in [-0.3, -0.25) is 19.9 Å². The van der Waals surface area contributed by atoms with Crippen LogP contribution in [0.25, 0.3) is 0 Å². The van der Waals surface area contributed by atoms with Crippen molar-refractivity contribution in [3.63, 3.8) is 0 Å². The van der Waals surface area contributed by atoms with Crippen LogP contribution >= 0.6 is 0 Å². The highest BCUT2D eigenvalue weighted by molar-refractivity contribution is 6.01. The molecule has 200 valence electrons. The number of pyridine rings is 2. The molecule has 1 aliphatic carbocycles. The van der Waals surface area contributed by atoms with Crippen LogP contribution in [-0.4, -0.2) is 78.8 Å². The van der Waals surface area contributed by atoms with Crippen LogP contribution in [-0.2, 0) is 22.4 Å². The summed E-state index contributed by atoms with van der Waals surface area (Å²) in [6.07, 6.45) is 5.69. The molecule has 0 aromatic carbocycles. The van der Waals surface area contributed by atoms with Crippen molar-refractivity contribution < 1.29 is 19.1 Å². The molecule has 2 aromatic rings. The molecule has 2 aromatic heterocycles. The number of carbonyl (C=O) groups is 2. The highest BCUT2D eigenvalue weighted by atomic mass is 16.5. The maximum atomic E-state index is 13.3. The molecule has 1 unspecified atom stereocenters. The zero-order valence-electron chi connectivity index (χ0n) is 21.8. The number of fused-ring (bicyclic) bond motifs is 1. The van der Waals surface area contributed by atoms with Gasteiger partial charge in [-0.15, -0.1) is 0 Å². The molecule has 11 heteroatoms. The molecule has 0 spiro atoms. The Hall–Kier alpha value is -3.59. The lowest BCUT2D eigenvalue weighted by atomic mass is 10.0. The van der Waals surface area contributed by atoms with E-state index in [1.807, 2.05) is 6.07 Å². The quantitative estimate of drug-likeness (QED) is 0.505. The summed E-state index contributed by atoms with van der Waals surface area (Å²) < 4.78 is 11.1. The van der Waals surface area contributed by atoms with Crippen LogP contribution in [0, 0.1) is 11.3 Å². The number of nitrogens with zero attached hydrogens (tertiary/aromatic N) is 5. The number of ether oxygens (including phenoxy) is 2. The van der Waals surface area contributed by atoms with E-state index in [1.165, 1.54) is 6.20 Å². The lowest BCUT2D eigenvalue weighted by Crippen LogP contribution is -2.43. The minimum Gasteiger partial charge on any atom is -0.381 e. The van der Waals surface area contributed by atoms with Crippen LogP contribution in [0.2, 0.25) is 0 Å². The fourth-order valence-electron chi connectivity index (χ4n) is 4.98. The Balaban J connectivity index is 1.33. The van der Waals surface area contributed by atoms with Crippen molar-refractivity contribution in [3.05, 3.63) is 40.7 Å².